The Hall–Kier alpha value is -1.69. The minimum absolute atomic E-state index is 0.0745. The highest BCUT2D eigenvalue weighted by Gasteiger charge is 2.09. The van der Waals surface area contributed by atoms with Gasteiger partial charge in [0.15, 0.2) is 11.6 Å². The largest absolute Gasteiger partial charge is 0.354 e. The zero-order valence-corrected chi connectivity index (χ0v) is 9.95. The summed E-state index contributed by atoms with van der Waals surface area (Å²) in [6.45, 7) is 2.75. The van der Waals surface area contributed by atoms with Crippen LogP contribution in [0.2, 0.25) is 5.02 Å². The number of nitrogens with one attached hydrogen (secondary N) is 1. The Morgan fingerprint density at radius 1 is 1.47 bits per heavy atom. The predicted molar refractivity (Wildman–Crippen MR) is 62.9 cm³/mol. The van der Waals surface area contributed by atoms with E-state index in [1.165, 1.54) is 17.1 Å². The second-order valence-corrected chi connectivity index (χ2v) is 3.83. The third-order valence-corrected chi connectivity index (χ3v) is 2.22. The van der Waals surface area contributed by atoms with E-state index in [0.29, 0.717) is 11.0 Å². The standard InChI is InChI=1S/C10H11ClFN5/c1-2-3-13-10-14-5-8(12)9(16-10)17-6-7(11)4-15-17/h4-6H,2-3H2,1H3,(H,13,14,16). The molecule has 0 aliphatic heterocycles. The maximum atomic E-state index is 13.5. The number of hydrogen-bond acceptors (Lipinski definition) is 4. The molecule has 1 N–H and O–H groups in total. The maximum absolute atomic E-state index is 13.5. The van der Waals surface area contributed by atoms with Crippen LogP contribution >= 0.6 is 11.6 Å². The molecule has 0 aromatic carbocycles. The summed E-state index contributed by atoms with van der Waals surface area (Å²) in [6, 6.07) is 0. The molecule has 7 heteroatoms. The summed E-state index contributed by atoms with van der Waals surface area (Å²) in [4.78, 5) is 7.88. The quantitative estimate of drug-likeness (QED) is 0.911. The molecule has 0 bridgehead atoms. The summed E-state index contributed by atoms with van der Waals surface area (Å²) in [5, 5.41) is 7.29. The van der Waals surface area contributed by atoms with E-state index >= 15 is 0 Å². The molecular weight excluding hydrogens is 245 g/mol. The Kier molecular flexibility index (Phi) is 3.53. The van der Waals surface area contributed by atoms with Crippen molar-refractivity contribution in [3.63, 3.8) is 0 Å². The molecule has 2 heterocycles. The first-order chi connectivity index (χ1) is 8.20. The van der Waals surface area contributed by atoms with Crippen LogP contribution in [0.15, 0.2) is 18.6 Å². The Balaban J connectivity index is 2.32. The summed E-state index contributed by atoms with van der Waals surface area (Å²) in [7, 11) is 0. The average Bonchev–Trinajstić information content (AvgIpc) is 2.75. The summed E-state index contributed by atoms with van der Waals surface area (Å²) in [5.41, 5.74) is 0. The van der Waals surface area contributed by atoms with Crippen molar-refractivity contribution in [3.8, 4) is 5.82 Å². The van der Waals surface area contributed by atoms with Crippen molar-refractivity contribution in [2.45, 2.75) is 13.3 Å². The first kappa shape index (κ1) is 11.8. The van der Waals surface area contributed by atoms with Crippen molar-refractivity contribution < 1.29 is 4.39 Å². The van der Waals surface area contributed by atoms with Crippen molar-refractivity contribution in [2.75, 3.05) is 11.9 Å². The van der Waals surface area contributed by atoms with Crippen LogP contribution in [0.3, 0.4) is 0 Å². The van der Waals surface area contributed by atoms with Crippen molar-refractivity contribution in [2.24, 2.45) is 0 Å². The van der Waals surface area contributed by atoms with Gasteiger partial charge in [-0.15, -0.1) is 0 Å². The van der Waals surface area contributed by atoms with Crippen LogP contribution in [-0.4, -0.2) is 26.3 Å². The molecule has 2 rings (SSSR count). The molecule has 0 amide bonds. The Labute approximate surface area is 103 Å². The summed E-state index contributed by atoms with van der Waals surface area (Å²) >= 11 is 5.72. The van der Waals surface area contributed by atoms with Crippen molar-refractivity contribution in [3.05, 3.63) is 29.4 Å². The molecule has 2 aromatic rings. The van der Waals surface area contributed by atoms with Gasteiger partial charge in [-0.05, 0) is 6.42 Å². The van der Waals surface area contributed by atoms with Crippen molar-refractivity contribution >= 4 is 17.5 Å². The Bertz CT molecular complexity index is 513. The molecule has 2 aromatic heterocycles. The SMILES string of the molecule is CCCNc1ncc(F)c(-n2cc(Cl)cn2)n1. The van der Waals surface area contributed by atoms with E-state index in [0.717, 1.165) is 19.2 Å². The van der Waals surface area contributed by atoms with Gasteiger partial charge in [0, 0.05) is 6.54 Å². The number of halogens is 2. The number of anilines is 1. The van der Waals surface area contributed by atoms with E-state index in [1.54, 1.807) is 0 Å². The third kappa shape index (κ3) is 2.71. The predicted octanol–water partition coefficient (Wildman–Crippen LogP) is 2.28. The maximum Gasteiger partial charge on any atom is 0.224 e. The van der Waals surface area contributed by atoms with Gasteiger partial charge in [0.1, 0.15) is 0 Å². The molecule has 5 nitrogen and oxygen atoms in total. The van der Waals surface area contributed by atoms with Gasteiger partial charge in [0.25, 0.3) is 0 Å². The fourth-order valence-corrected chi connectivity index (χ4v) is 1.39. The molecule has 0 unspecified atom stereocenters. The summed E-state index contributed by atoms with van der Waals surface area (Å²) < 4.78 is 14.8. The van der Waals surface area contributed by atoms with Gasteiger partial charge in [-0.3, -0.25) is 0 Å². The summed E-state index contributed by atoms with van der Waals surface area (Å²) in [5.74, 6) is -0.104. The molecule has 90 valence electrons. The van der Waals surface area contributed by atoms with E-state index < -0.39 is 5.82 Å². The Morgan fingerprint density at radius 2 is 2.29 bits per heavy atom. The van der Waals surface area contributed by atoms with Crippen LogP contribution in [0.5, 0.6) is 0 Å². The highest BCUT2D eigenvalue weighted by atomic mass is 35.5. The van der Waals surface area contributed by atoms with Crippen LogP contribution in [0.4, 0.5) is 10.3 Å². The van der Waals surface area contributed by atoms with Crippen LogP contribution in [0.1, 0.15) is 13.3 Å². The fourth-order valence-electron chi connectivity index (χ4n) is 1.26. The van der Waals surface area contributed by atoms with Crippen LogP contribution < -0.4 is 5.32 Å². The molecule has 0 saturated heterocycles. The van der Waals surface area contributed by atoms with Gasteiger partial charge < -0.3 is 5.32 Å². The van der Waals surface area contributed by atoms with Gasteiger partial charge in [0.2, 0.25) is 5.95 Å². The average molecular weight is 256 g/mol. The van der Waals surface area contributed by atoms with E-state index in [-0.39, 0.29) is 5.82 Å². The molecule has 0 aliphatic rings. The molecule has 0 aliphatic carbocycles. The highest BCUT2D eigenvalue weighted by Crippen LogP contribution is 2.14. The van der Waals surface area contributed by atoms with Crippen LogP contribution in [0.25, 0.3) is 5.82 Å². The van der Waals surface area contributed by atoms with Crippen LogP contribution in [-0.2, 0) is 0 Å². The molecule has 0 spiro atoms. The lowest BCUT2D eigenvalue weighted by Crippen LogP contribution is -2.09. The topological polar surface area (TPSA) is 55.6 Å². The zero-order chi connectivity index (χ0) is 12.3. The Morgan fingerprint density at radius 3 is 2.94 bits per heavy atom. The monoisotopic (exact) mass is 255 g/mol. The lowest BCUT2D eigenvalue weighted by atomic mass is 10.5. The van der Waals surface area contributed by atoms with Crippen molar-refractivity contribution in [1.29, 1.82) is 0 Å². The lowest BCUT2D eigenvalue weighted by molar-refractivity contribution is 0.593. The normalized spacial score (nSPS) is 10.5. The zero-order valence-electron chi connectivity index (χ0n) is 9.19. The first-order valence-electron chi connectivity index (χ1n) is 5.17. The minimum atomic E-state index is -0.549. The van der Waals surface area contributed by atoms with E-state index in [1.807, 2.05) is 6.92 Å². The molecular formula is C10H11ClFN5. The van der Waals surface area contributed by atoms with Gasteiger partial charge >= 0.3 is 0 Å². The van der Waals surface area contributed by atoms with E-state index in [4.69, 9.17) is 11.6 Å². The number of nitrogens with zero attached hydrogens (tertiary/aromatic N) is 4. The second-order valence-electron chi connectivity index (χ2n) is 3.40. The van der Waals surface area contributed by atoms with Gasteiger partial charge in [-0.1, -0.05) is 18.5 Å². The minimum Gasteiger partial charge on any atom is -0.354 e. The molecule has 0 atom stereocenters. The number of rotatable bonds is 4. The lowest BCUT2D eigenvalue weighted by Gasteiger charge is -2.06. The van der Waals surface area contributed by atoms with E-state index in [9.17, 15) is 4.39 Å². The summed E-state index contributed by atoms with van der Waals surface area (Å²) in [6.07, 6.45) is 4.94. The van der Waals surface area contributed by atoms with Gasteiger partial charge in [-0.25, -0.2) is 14.1 Å². The smallest absolute Gasteiger partial charge is 0.224 e. The molecule has 0 fully saturated rings. The van der Waals surface area contributed by atoms with Crippen LogP contribution in [0, 0.1) is 5.82 Å². The van der Waals surface area contributed by atoms with Crippen molar-refractivity contribution in [1.82, 2.24) is 19.7 Å². The molecule has 0 saturated carbocycles. The fraction of sp³-hybridized carbons (Fsp3) is 0.300. The van der Waals surface area contributed by atoms with E-state index in [2.05, 4.69) is 20.4 Å². The molecule has 0 radical (unpaired) electrons. The third-order valence-electron chi connectivity index (χ3n) is 2.03. The van der Waals surface area contributed by atoms with Gasteiger partial charge in [-0.2, -0.15) is 10.1 Å². The van der Waals surface area contributed by atoms with Gasteiger partial charge in [0.05, 0.1) is 23.6 Å². The highest BCUT2D eigenvalue weighted by molar-refractivity contribution is 6.30. The first-order valence-corrected chi connectivity index (χ1v) is 5.55. The molecule has 17 heavy (non-hydrogen) atoms. The second kappa shape index (κ2) is 5.09. The number of aromatic nitrogens is 4. The number of hydrogen-bond donors (Lipinski definition) is 1.